The van der Waals surface area contributed by atoms with Crippen LogP contribution in [0.5, 0.6) is 0 Å². The summed E-state index contributed by atoms with van der Waals surface area (Å²) >= 11 is 0. The fourth-order valence-corrected chi connectivity index (χ4v) is 4.32. The number of carbonyl (C=O) groups is 2. The number of rotatable bonds is 3. The summed E-state index contributed by atoms with van der Waals surface area (Å²) in [5.74, 6) is 0.763. The van der Waals surface area contributed by atoms with Gasteiger partial charge < -0.3 is 14.8 Å². The van der Waals surface area contributed by atoms with Crippen LogP contribution in [0.15, 0.2) is 24.5 Å². The first-order valence-corrected chi connectivity index (χ1v) is 9.19. The maximum atomic E-state index is 12.9. The smallest absolute Gasteiger partial charge is 0.253 e. The van der Waals surface area contributed by atoms with Crippen LogP contribution in [0.3, 0.4) is 0 Å². The Morgan fingerprint density at radius 2 is 2.24 bits per heavy atom. The van der Waals surface area contributed by atoms with Crippen LogP contribution in [0.25, 0.3) is 11.0 Å². The van der Waals surface area contributed by atoms with Gasteiger partial charge in [0.1, 0.15) is 0 Å². The van der Waals surface area contributed by atoms with Crippen LogP contribution in [-0.4, -0.2) is 57.3 Å². The molecule has 2 aromatic rings. The number of hydrogen-bond donors (Lipinski definition) is 1. The van der Waals surface area contributed by atoms with E-state index in [1.165, 1.54) is 0 Å². The minimum Gasteiger partial charge on any atom is -0.345 e. The highest BCUT2D eigenvalue weighted by atomic mass is 16.2. The van der Waals surface area contributed by atoms with E-state index in [1.807, 2.05) is 23.1 Å². The molecule has 2 aliphatic heterocycles. The topological polar surface area (TPSA) is 69.3 Å². The first kappa shape index (κ1) is 16.1. The number of fused-ring (bicyclic) bond motifs is 2. The molecule has 25 heavy (non-hydrogen) atoms. The number of carbonyl (C=O) groups excluding carboxylic acids is 2. The summed E-state index contributed by atoms with van der Waals surface area (Å²) in [6.45, 7) is 4.41. The Morgan fingerprint density at radius 3 is 3.08 bits per heavy atom. The number of hydrogen-bond acceptors (Lipinski definition) is 3. The minimum absolute atomic E-state index is 0.0777. The Hall–Kier alpha value is -2.37. The van der Waals surface area contributed by atoms with Crippen LogP contribution < -0.4 is 0 Å². The molecule has 0 aliphatic carbocycles. The van der Waals surface area contributed by atoms with Gasteiger partial charge in [0.05, 0.1) is 17.4 Å². The van der Waals surface area contributed by atoms with Gasteiger partial charge in [-0.2, -0.15) is 0 Å². The van der Waals surface area contributed by atoms with E-state index >= 15 is 0 Å². The summed E-state index contributed by atoms with van der Waals surface area (Å²) in [5.41, 5.74) is 2.46. The molecule has 6 nitrogen and oxygen atoms in total. The van der Waals surface area contributed by atoms with Gasteiger partial charge in [0.2, 0.25) is 5.91 Å². The Bertz CT molecular complexity index is 800. The fraction of sp³-hybridized carbons (Fsp3) is 0.526. The third kappa shape index (κ3) is 2.90. The van der Waals surface area contributed by atoms with Crippen molar-refractivity contribution in [2.45, 2.75) is 38.6 Å². The summed E-state index contributed by atoms with van der Waals surface area (Å²) < 4.78 is 0. The summed E-state index contributed by atoms with van der Waals surface area (Å²) in [6.07, 6.45) is 5.03. The third-order valence-electron chi connectivity index (χ3n) is 5.56. The maximum absolute atomic E-state index is 12.9. The molecule has 0 bridgehead atoms. The van der Waals surface area contributed by atoms with E-state index in [1.54, 1.807) is 6.33 Å². The lowest BCUT2D eigenvalue weighted by molar-refractivity contribution is -0.140. The average Bonchev–Trinajstić information content (AvgIpc) is 3.11. The Balaban J connectivity index is 1.49. The lowest BCUT2D eigenvalue weighted by Crippen LogP contribution is -2.57. The quantitative estimate of drug-likeness (QED) is 0.933. The molecule has 2 amide bonds. The lowest BCUT2D eigenvalue weighted by Gasteiger charge is -2.47. The van der Waals surface area contributed by atoms with E-state index < -0.39 is 0 Å². The van der Waals surface area contributed by atoms with Crippen LogP contribution in [0.4, 0.5) is 0 Å². The highest BCUT2D eigenvalue weighted by molar-refractivity contribution is 5.97. The monoisotopic (exact) mass is 340 g/mol. The zero-order chi connectivity index (χ0) is 17.4. The van der Waals surface area contributed by atoms with Crippen LogP contribution in [0.2, 0.25) is 0 Å². The molecular formula is C19H24N4O2. The van der Waals surface area contributed by atoms with E-state index in [9.17, 15) is 9.59 Å². The van der Waals surface area contributed by atoms with Crippen molar-refractivity contribution in [1.29, 1.82) is 0 Å². The molecule has 2 saturated heterocycles. The third-order valence-corrected chi connectivity index (χ3v) is 5.56. The molecule has 1 aromatic carbocycles. The normalized spacial score (nSPS) is 23.8. The second-order valence-electron chi connectivity index (χ2n) is 7.13. The van der Waals surface area contributed by atoms with Crippen molar-refractivity contribution in [3.05, 3.63) is 30.1 Å². The zero-order valence-electron chi connectivity index (χ0n) is 14.6. The number of imidazole rings is 1. The number of aromatic amines is 1. The standard InChI is InChI=1S/C19H24N4O2/c1-2-8-23-17-7-9-22(11-14(17)4-6-18(23)24)19(25)13-3-5-15-16(10-13)21-12-20-15/h3,5,10,12,14,17H,2,4,6-9,11H2,1H3,(H,20,21). The lowest BCUT2D eigenvalue weighted by atomic mass is 9.83. The van der Waals surface area contributed by atoms with Gasteiger partial charge in [-0.3, -0.25) is 9.59 Å². The van der Waals surface area contributed by atoms with Gasteiger partial charge in [0, 0.05) is 37.7 Å². The maximum Gasteiger partial charge on any atom is 0.253 e. The van der Waals surface area contributed by atoms with Gasteiger partial charge in [0.15, 0.2) is 0 Å². The molecular weight excluding hydrogens is 316 g/mol. The summed E-state index contributed by atoms with van der Waals surface area (Å²) in [7, 11) is 0. The molecule has 2 aliphatic rings. The summed E-state index contributed by atoms with van der Waals surface area (Å²) in [6, 6.07) is 5.92. The SMILES string of the molecule is CCCN1C(=O)CCC2CN(C(=O)c3ccc4nc[nH]c4c3)CCC21. The number of nitrogens with zero attached hydrogens (tertiary/aromatic N) is 3. The van der Waals surface area contributed by atoms with Gasteiger partial charge in [0.25, 0.3) is 5.91 Å². The molecule has 1 N–H and O–H groups in total. The van der Waals surface area contributed by atoms with Crippen molar-refractivity contribution in [3.63, 3.8) is 0 Å². The van der Waals surface area contributed by atoms with Crippen molar-refractivity contribution in [2.75, 3.05) is 19.6 Å². The number of benzene rings is 1. The molecule has 2 unspecified atom stereocenters. The molecule has 3 heterocycles. The summed E-state index contributed by atoms with van der Waals surface area (Å²) in [4.78, 5) is 36.4. The highest BCUT2D eigenvalue weighted by Gasteiger charge is 2.40. The molecule has 1 aromatic heterocycles. The van der Waals surface area contributed by atoms with Crippen LogP contribution in [0.1, 0.15) is 43.0 Å². The number of aromatic nitrogens is 2. The molecule has 2 fully saturated rings. The fourth-order valence-electron chi connectivity index (χ4n) is 4.32. The number of amides is 2. The zero-order valence-corrected chi connectivity index (χ0v) is 14.6. The second-order valence-corrected chi connectivity index (χ2v) is 7.13. The van der Waals surface area contributed by atoms with Crippen molar-refractivity contribution in [1.82, 2.24) is 19.8 Å². The molecule has 4 rings (SSSR count). The van der Waals surface area contributed by atoms with Gasteiger partial charge >= 0.3 is 0 Å². The van der Waals surface area contributed by atoms with Gasteiger partial charge in [-0.1, -0.05) is 6.92 Å². The Labute approximate surface area is 147 Å². The van der Waals surface area contributed by atoms with Crippen LogP contribution in [-0.2, 0) is 4.79 Å². The average molecular weight is 340 g/mol. The van der Waals surface area contributed by atoms with Gasteiger partial charge in [-0.15, -0.1) is 0 Å². The minimum atomic E-state index is 0.0777. The molecule has 0 radical (unpaired) electrons. The van der Waals surface area contributed by atoms with E-state index in [2.05, 4.69) is 21.8 Å². The number of H-pyrrole nitrogens is 1. The first-order chi connectivity index (χ1) is 12.2. The molecule has 6 heteroatoms. The molecule has 2 atom stereocenters. The second kappa shape index (κ2) is 6.50. The number of piperidine rings is 2. The van der Waals surface area contributed by atoms with Gasteiger partial charge in [-0.05, 0) is 43.4 Å². The molecule has 0 spiro atoms. The summed E-state index contributed by atoms with van der Waals surface area (Å²) in [5, 5.41) is 0. The predicted molar refractivity (Wildman–Crippen MR) is 95.1 cm³/mol. The van der Waals surface area contributed by atoms with Crippen LogP contribution >= 0.6 is 0 Å². The van der Waals surface area contributed by atoms with Crippen molar-refractivity contribution in [3.8, 4) is 0 Å². The van der Waals surface area contributed by atoms with E-state index in [0.717, 1.165) is 43.4 Å². The first-order valence-electron chi connectivity index (χ1n) is 9.19. The van der Waals surface area contributed by atoms with E-state index in [4.69, 9.17) is 0 Å². The van der Waals surface area contributed by atoms with Crippen molar-refractivity contribution >= 4 is 22.8 Å². The molecule has 0 saturated carbocycles. The van der Waals surface area contributed by atoms with Crippen molar-refractivity contribution in [2.24, 2.45) is 5.92 Å². The van der Waals surface area contributed by atoms with Crippen molar-refractivity contribution < 1.29 is 9.59 Å². The largest absolute Gasteiger partial charge is 0.345 e. The number of nitrogens with one attached hydrogen (secondary N) is 1. The van der Waals surface area contributed by atoms with Gasteiger partial charge in [-0.25, -0.2) is 4.98 Å². The Kier molecular flexibility index (Phi) is 4.19. The van der Waals surface area contributed by atoms with E-state index in [-0.39, 0.29) is 11.8 Å². The highest BCUT2D eigenvalue weighted by Crippen LogP contribution is 2.32. The number of likely N-dealkylation sites (tertiary alicyclic amines) is 2. The van der Waals surface area contributed by atoms with E-state index in [0.29, 0.717) is 30.5 Å². The van der Waals surface area contributed by atoms with Crippen LogP contribution in [0, 0.1) is 5.92 Å². The predicted octanol–water partition coefficient (Wildman–Crippen LogP) is 2.43. The Morgan fingerprint density at radius 1 is 1.36 bits per heavy atom. The molecule has 132 valence electrons.